The van der Waals surface area contributed by atoms with Crippen molar-refractivity contribution in [2.45, 2.75) is 13.3 Å². The first-order valence-electron chi connectivity index (χ1n) is 5.08. The summed E-state index contributed by atoms with van der Waals surface area (Å²) in [6.45, 7) is 5.84. The van der Waals surface area contributed by atoms with Gasteiger partial charge in [-0.15, -0.1) is 6.58 Å². The predicted octanol–water partition coefficient (Wildman–Crippen LogP) is 1.30. The first-order chi connectivity index (χ1) is 8.00. The first kappa shape index (κ1) is 12.9. The summed E-state index contributed by atoms with van der Waals surface area (Å²) in [5, 5.41) is 0. The van der Waals surface area contributed by atoms with E-state index in [2.05, 4.69) is 11.6 Å². The molecule has 0 aromatic carbocycles. The Morgan fingerprint density at radius 3 is 2.65 bits per heavy atom. The molecule has 0 fully saturated rings. The second-order valence-corrected chi connectivity index (χ2v) is 3.64. The van der Waals surface area contributed by atoms with E-state index in [4.69, 9.17) is 10.5 Å². The lowest BCUT2D eigenvalue weighted by Crippen LogP contribution is -2.14. The highest BCUT2D eigenvalue weighted by Crippen LogP contribution is 2.04. The lowest BCUT2D eigenvalue weighted by atomic mass is 10.2. The number of rotatable bonds is 5. The molecule has 0 radical (unpaired) electrons. The van der Waals surface area contributed by atoms with Crippen LogP contribution in [-0.4, -0.2) is 23.5 Å². The average Bonchev–Trinajstić information content (AvgIpc) is 2.28. The number of pyridine rings is 1. The number of nitrogens with two attached hydrogens (primary N) is 1. The number of ether oxygens (including phenoxy) is 1. The number of nitrogens with zero attached hydrogens (tertiary/aromatic N) is 1. The standard InChI is InChI=1S/C12H14N2O3/c1-8(2)5-6-17-12(16)9-3-4-10(11(13)15)14-7-9/h3-4,7H,1,5-6H2,2H3,(H2,13,15). The minimum Gasteiger partial charge on any atom is -0.462 e. The molecule has 0 saturated carbocycles. The van der Waals surface area contributed by atoms with Crippen LogP contribution in [0.25, 0.3) is 0 Å². The topological polar surface area (TPSA) is 82.3 Å². The lowest BCUT2D eigenvalue weighted by Gasteiger charge is -2.04. The van der Waals surface area contributed by atoms with Crippen LogP contribution < -0.4 is 5.73 Å². The molecule has 1 aromatic heterocycles. The summed E-state index contributed by atoms with van der Waals surface area (Å²) in [5.41, 5.74) is 6.37. The maximum atomic E-state index is 11.5. The van der Waals surface area contributed by atoms with Crippen molar-refractivity contribution < 1.29 is 14.3 Å². The maximum Gasteiger partial charge on any atom is 0.339 e. The van der Waals surface area contributed by atoms with E-state index >= 15 is 0 Å². The van der Waals surface area contributed by atoms with Gasteiger partial charge >= 0.3 is 5.97 Å². The van der Waals surface area contributed by atoms with Crippen LogP contribution in [0.1, 0.15) is 34.2 Å². The molecule has 1 heterocycles. The van der Waals surface area contributed by atoms with Gasteiger partial charge in [0.15, 0.2) is 0 Å². The van der Waals surface area contributed by atoms with Crippen molar-refractivity contribution in [2.75, 3.05) is 6.61 Å². The highest BCUT2D eigenvalue weighted by molar-refractivity contribution is 5.93. The third-order valence-corrected chi connectivity index (χ3v) is 2.01. The van der Waals surface area contributed by atoms with Crippen LogP contribution in [0.5, 0.6) is 0 Å². The Balaban J connectivity index is 2.57. The largest absolute Gasteiger partial charge is 0.462 e. The van der Waals surface area contributed by atoms with E-state index in [1.165, 1.54) is 18.3 Å². The van der Waals surface area contributed by atoms with Crippen LogP contribution in [0.4, 0.5) is 0 Å². The lowest BCUT2D eigenvalue weighted by molar-refractivity contribution is 0.0508. The summed E-state index contributed by atoms with van der Waals surface area (Å²) < 4.78 is 4.98. The van der Waals surface area contributed by atoms with Gasteiger partial charge < -0.3 is 10.5 Å². The van der Waals surface area contributed by atoms with E-state index in [9.17, 15) is 9.59 Å². The third-order valence-electron chi connectivity index (χ3n) is 2.01. The summed E-state index contributed by atoms with van der Waals surface area (Å²) in [5.74, 6) is -1.11. The Kier molecular flexibility index (Phi) is 4.39. The van der Waals surface area contributed by atoms with Crippen LogP contribution >= 0.6 is 0 Å². The van der Waals surface area contributed by atoms with E-state index in [0.29, 0.717) is 6.42 Å². The van der Waals surface area contributed by atoms with Gasteiger partial charge in [-0.05, 0) is 19.1 Å². The van der Waals surface area contributed by atoms with Gasteiger partial charge in [-0.1, -0.05) is 5.57 Å². The molecule has 0 bridgehead atoms. The normalized spacial score (nSPS) is 9.71. The molecule has 1 rings (SSSR count). The molecule has 0 aliphatic rings. The minimum absolute atomic E-state index is 0.114. The monoisotopic (exact) mass is 234 g/mol. The second-order valence-electron chi connectivity index (χ2n) is 3.64. The molecule has 0 saturated heterocycles. The molecule has 1 amide bonds. The maximum absolute atomic E-state index is 11.5. The van der Waals surface area contributed by atoms with Crippen LogP contribution in [0.2, 0.25) is 0 Å². The van der Waals surface area contributed by atoms with E-state index < -0.39 is 11.9 Å². The van der Waals surface area contributed by atoms with Crippen molar-refractivity contribution in [1.82, 2.24) is 4.98 Å². The van der Waals surface area contributed by atoms with Crippen molar-refractivity contribution in [3.05, 3.63) is 41.7 Å². The summed E-state index contributed by atoms with van der Waals surface area (Å²) in [6, 6.07) is 2.84. The minimum atomic E-state index is -0.632. The molecule has 5 nitrogen and oxygen atoms in total. The third kappa shape index (κ3) is 4.06. The zero-order valence-corrected chi connectivity index (χ0v) is 9.60. The quantitative estimate of drug-likeness (QED) is 0.615. The number of amides is 1. The van der Waals surface area contributed by atoms with E-state index in [1.54, 1.807) is 0 Å². The Morgan fingerprint density at radius 2 is 2.18 bits per heavy atom. The number of primary amides is 1. The predicted molar refractivity (Wildman–Crippen MR) is 62.5 cm³/mol. The number of carbonyl (C=O) groups excluding carboxylic acids is 2. The molecule has 90 valence electrons. The van der Waals surface area contributed by atoms with Crippen molar-refractivity contribution in [3.8, 4) is 0 Å². The van der Waals surface area contributed by atoms with E-state index in [0.717, 1.165) is 5.57 Å². The smallest absolute Gasteiger partial charge is 0.339 e. The van der Waals surface area contributed by atoms with Crippen molar-refractivity contribution in [1.29, 1.82) is 0 Å². The van der Waals surface area contributed by atoms with Gasteiger partial charge in [-0.25, -0.2) is 4.79 Å². The van der Waals surface area contributed by atoms with Gasteiger partial charge in [0.1, 0.15) is 5.69 Å². The zero-order chi connectivity index (χ0) is 12.8. The Bertz CT molecular complexity index is 438. The molecule has 5 heteroatoms. The van der Waals surface area contributed by atoms with Gasteiger partial charge in [0.25, 0.3) is 5.91 Å². The Hall–Kier alpha value is -2.17. The van der Waals surface area contributed by atoms with Crippen molar-refractivity contribution in [3.63, 3.8) is 0 Å². The van der Waals surface area contributed by atoms with E-state index in [1.807, 2.05) is 6.92 Å². The van der Waals surface area contributed by atoms with Gasteiger partial charge in [0.2, 0.25) is 0 Å². The first-order valence-corrected chi connectivity index (χ1v) is 5.08. The van der Waals surface area contributed by atoms with Gasteiger partial charge in [-0.3, -0.25) is 9.78 Å². The van der Waals surface area contributed by atoms with E-state index in [-0.39, 0.29) is 17.9 Å². The summed E-state index contributed by atoms with van der Waals surface area (Å²) >= 11 is 0. The molecule has 17 heavy (non-hydrogen) atoms. The highest BCUT2D eigenvalue weighted by Gasteiger charge is 2.09. The average molecular weight is 234 g/mol. The Morgan fingerprint density at radius 1 is 1.47 bits per heavy atom. The number of hydrogen-bond donors (Lipinski definition) is 1. The SMILES string of the molecule is C=C(C)CCOC(=O)c1ccc(C(N)=O)nc1. The van der Waals surface area contributed by atoms with Crippen LogP contribution in [-0.2, 0) is 4.74 Å². The molecular weight excluding hydrogens is 220 g/mol. The fourth-order valence-electron chi connectivity index (χ4n) is 1.06. The fourth-order valence-corrected chi connectivity index (χ4v) is 1.06. The summed E-state index contributed by atoms with van der Waals surface area (Å²) in [7, 11) is 0. The van der Waals surface area contributed by atoms with Crippen molar-refractivity contribution >= 4 is 11.9 Å². The zero-order valence-electron chi connectivity index (χ0n) is 9.60. The van der Waals surface area contributed by atoms with Crippen molar-refractivity contribution in [2.24, 2.45) is 5.73 Å². The molecule has 0 aliphatic carbocycles. The van der Waals surface area contributed by atoms with Crippen LogP contribution in [0.3, 0.4) is 0 Å². The number of esters is 1. The van der Waals surface area contributed by atoms with Crippen LogP contribution in [0, 0.1) is 0 Å². The molecule has 2 N–H and O–H groups in total. The number of aromatic nitrogens is 1. The fraction of sp³-hybridized carbons (Fsp3) is 0.250. The second kappa shape index (κ2) is 5.79. The molecule has 0 aliphatic heterocycles. The number of hydrogen-bond acceptors (Lipinski definition) is 4. The molecule has 1 aromatic rings. The summed E-state index contributed by atoms with van der Waals surface area (Å²) in [6.07, 6.45) is 1.89. The van der Waals surface area contributed by atoms with Gasteiger partial charge in [-0.2, -0.15) is 0 Å². The van der Waals surface area contributed by atoms with Crippen LogP contribution in [0.15, 0.2) is 30.5 Å². The van der Waals surface area contributed by atoms with Gasteiger partial charge in [0.05, 0.1) is 12.2 Å². The summed E-state index contributed by atoms with van der Waals surface area (Å²) in [4.78, 5) is 26.0. The molecule has 0 atom stereocenters. The molecule has 0 spiro atoms. The number of carbonyl (C=O) groups is 2. The Labute approximate surface area is 99.3 Å². The molecular formula is C12H14N2O3. The highest BCUT2D eigenvalue weighted by atomic mass is 16.5. The molecule has 0 unspecified atom stereocenters. The van der Waals surface area contributed by atoms with Gasteiger partial charge in [0, 0.05) is 12.6 Å².